The van der Waals surface area contributed by atoms with Crippen molar-refractivity contribution in [3.63, 3.8) is 0 Å². The molecule has 0 unspecified atom stereocenters. The van der Waals surface area contributed by atoms with Crippen LogP contribution in [0.4, 0.5) is 10.7 Å². The van der Waals surface area contributed by atoms with Crippen molar-refractivity contribution in [2.75, 3.05) is 12.4 Å². The molecule has 8 nitrogen and oxygen atoms in total. The van der Waals surface area contributed by atoms with E-state index in [0.717, 1.165) is 23.5 Å². The van der Waals surface area contributed by atoms with Gasteiger partial charge in [-0.3, -0.25) is 14.9 Å². The van der Waals surface area contributed by atoms with Crippen molar-refractivity contribution >= 4 is 45.5 Å². The van der Waals surface area contributed by atoms with Crippen LogP contribution in [0.25, 0.3) is 0 Å². The van der Waals surface area contributed by atoms with Gasteiger partial charge in [-0.15, -0.1) is 11.3 Å². The quantitative estimate of drug-likeness (QED) is 0.492. The van der Waals surface area contributed by atoms with Crippen molar-refractivity contribution in [2.24, 2.45) is 0 Å². The van der Waals surface area contributed by atoms with Crippen LogP contribution in [0.1, 0.15) is 31.2 Å². The molecule has 1 N–H and O–H groups in total. The van der Waals surface area contributed by atoms with Gasteiger partial charge in [0.2, 0.25) is 0 Å². The summed E-state index contributed by atoms with van der Waals surface area (Å²) in [5.74, 6) is -1.46. The molecule has 0 saturated heterocycles. The Kier molecular flexibility index (Phi) is 5.36. The molecule has 1 aromatic carbocycles. The zero-order valence-corrected chi connectivity index (χ0v) is 14.5. The van der Waals surface area contributed by atoms with Gasteiger partial charge in [0.25, 0.3) is 11.6 Å². The molecule has 2 rings (SSSR count). The number of benzene rings is 1. The van der Waals surface area contributed by atoms with Gasteiger partial charge in [0.1, 0.15) is 21.5 Å². The molecule has 10 heteroatoms. The predicted molar refractivity (Wildman–Crippen MR) is 91.2 cm³/mol. The standard InChI is InChI=1S/C15H10ClN3O5S/c1-7-10(6-17)14(25-12(7)15(21)24-2)18-13(20)9-5-8(16)3-4-11(9)19(22)23/h3-5H,1-2H3,(H,18,20). The van der Waals surface area contributed by atoms with E-state index in [2.05, 4.69) is 10.1 Å². The van der Waals surface area contributed by atoms with Crippen molar-refractivity contribution in [3.05, 3.63) is 54.9 Å². The Hall–Kier alpha value is -2.96. The molecule has 0 aliphatic heterocycles. The summed E-state index contributed by atoms with van der Waals surface area (Å²) in [7, 11) is 1.20. The lowest BCUT2D eigenvalue weighted by Gasteiger charge is -2.05. The maximum Gasteiger partial charge on any atom is 0.348 e. The van der Waals surface area contributed by atoms with Gasteiger partial charge >= 0.3 is 5.97 Å². The van der Waals surface area contributed by atoms with Crippen molar-refractivity contribution < 1.29 is 19.2 Å². The first-order chi connectivity index (χ1) is 11.8. The minimum absolute atomic E-state index is 0.0865. The van der Waals surface area contributed by atoms with Crippen LogP contribution < -0.4 is 5.32 Å². The Bertz CT molecular complexity index is 932. The van der Waals surface area contributed by atoms with Gasteiger partial charge in [-0.05, 0) is 24.6 Å². The second-order valence-electron chi connectivity index (χ2n) is 4.74. The summed E-state index contributed by atoms with van der Waals surface area (Å²) in [6.45, 7) is 1.54. The Morgan fingerprint density at radius 2 is 2.12 bits per heavy atom. The fourth-order valence-electron chi connectivity index (χ4n) is 2.04. The largest absolute Gasteiger partial charge is 0.465 e. The first-order valence-electron chi connectivity index (χ1n) is 6.67. The molecule has 2 aromatic rings. The summed E-state index contributed by atoms with van der Waals surface area (Å²) in [5, 5.41) is 23.0. The van der Waals surface area contributed by atoms with E-state index in [1.165, 1.54) is 13.2 Å². The van der Waals surface area contributed by atoms with Crippen molar-refractivity contribution in [1.82, 2.24) is 0 Å². The number of halogens is 1. The number of methoxy groups -OCH3 is 1. The third kappa shape index (κ3) is 3.60. The van der Waals surface area contributed by atoms with Crippen molar-refractivity contribution in [2.45, 2.75) is 6.92 Å². The molecule has 0 atom stereocenters. The number of hydrogen-bond acceptors (Lipinski definition) is 7. The number of thiophene rings is 1. The van der Waals surface area contributed by atoms with Crippen LogP contribution in [-0.4, -0.2) is 23.9 Å². The molecule has 1 heterocycles. The van der Waals surface area contributed by atoms with Gasteiger partial charge in [-0.25, -0.2) is 4.79 Å². The normalized spacial score (nSPS) is 10.0. The Morgan fingerprint density at radius 3 is 2.68 bits per heavy atom. The van der Waals surface area contributed by atoms with Crippen LogP contribution in [-0.2, 0) is 4.74 Å². The van der Waals surface area contributed by atoms with Gasteiger partial charge in [0.05, 0.1) is 17.6 Å². The summed E-state index contributed by atoms with van der Waals surface area (Å²) < 4.78 is 4.63. The molecular formula is C15H10ClN3O5S. The fourth-order valence-corrected chi connectivity index (χ4v) is 3.29. The van der Waals surface area contributed by atoms with Gasteiger partial charge in [0, 0.05) is 11.1 Å². The number of nitrogens with zero attached hydrogens (tertiary/aromatic N) is 2. The van der Waals surface area contributed by atoms with Gasteiger partial charge in [0.15, 0.2) is 0 Å². The number of anilines is 1. The van der Waals surface area contributed by atoms with Gasteiger partial charge in [-0.1, -0.05) is 11.6 Å². The second kappa shape index (κ2) is 7.29. The topological polar surface area (TPSA) is 122 Å². The number of nitro benzene ring substituents is 1. The molecule has 25 heavy (non-hydrogen) atoms. The molecule has 0 aliphatic carbocycles. The number of ether oxygens (including phenoxy) is 1. The molecular weight excluding hydrogens is 370 g/mol. The van der Waals surface area contributed by atoms with E-state index in [1.54, 1.807) is 6.92 Å². The van der Waals surface area contributed by atoms with Crippen LogP contribution in [0.3, 0.4) is 0 Å². The lowest BCUT2D eigenvalue weighted by Crippen LogP contribution is -2.14. The maximum absolute atomic E-state index is 12.4. The van der Waals surface area contributed by atoms with Crippen LogP contribution >= 0.6 is 22.9 Å². The molecule has 0 aliphatic rings. The number of nitriles is 1. The predicted octanol–water partition coefficient (Wildman–Crippen LogP) is 3.53. The Morgan fingerprint density at radius 1 is 1.44 bits per heavy atom. The highest BCUT2D eigenvalue weighted by Gasteiger charge is 2.25. The summed E-state index contributed by atoms with van der Waals surface area (Å²) in [6, 6.07) is 5.46. The number of nitrogens with one attached hydrogen (secondary N) is 1. The highest BCUT2D eigenvalue weighted by molar-refractivity contribution is 7.18. The Balaban J connectivity index is 2.46. The average Bonchev–Trinajstić information content (AvgIpc) is 2.89. The first kappa shape index (κ1) is 18.4. The molecule has 128 valence electrons. The molecule has 0 fully saturated rings. The number of amides is 1. The highest BCUT2D eigenvalue weighted by Crippen LogP contribution is 2.34. The van der Waals surface area contributed by atoms with Gasteiger partial charge in [-0.2, -0.15) is 5.26 Å². The van der Waals surface area contributed by atoms with E-state index in [4.69, 9.17) is 11.6 Å². The van der Waals surface area contributed by atoms with E-state index in [9.17, 15) is 25.0 Å². The second-order valence-corrected chi connectivity index (χ2v) is 6.19. The SMILES string of the molecule is COC(=O)c1sc(NC(=O)c2cc(Cl)ccc2[N+](=O)[O-])c(C#N)c1C. The zero-order valence-electron chi connectivity index (χ0n) is 13.0. The summed E-state index contributed by atoms with van der Waals surface area (Å²) >= 11 is 6.66. The number of carbonyl (C=O) groups excluding carboxylic acids is 2. The molecule has 1 amide bonds. The van der Waals surface area contributed by atoms with E-state index in [0.29, 0.717) is 5.56 Å². The van der Waals surface area contributed by atoms with Crippen LogP contribution in [0, 0.1) is 28.4 Å². The van der Waals surface area contributed by atoms with Crippen LogP contribution in [0.15, 0.2) is 18.2 Å². The molecule has 0 bridgehead atoms. The molecule has 0 spiro atoms. The van der Waals surface area contributed by atoms with Crippen molar-refractivity contribution in [1.29, 1.82) is 5.26 Å². The molecule has 1 aromatic heterocycles. The number of nitro groups is 1. The highest BCUT2D eigenvalue weighted by atomic mass is 35.5. The third-order valence-electron chi connectivity index (χ3n) is 3.26. The fraction of sp³-hybridized carbons (Fsp3) is 0.133. The first-order valence-corrected chi connectivity index (χ1v) is 7.86. The maximum atomic E-state index is 12.4. The minimum Gasteiger partial charge on any atom is -0.465 e. The van der Waals surface area contributed by atoms with E-state index < -0.39 is 22.5 Å². The smallest absolute Gasteiger partial charge is 0.348 e. The minimum atomic E-state index is -0.816. The third-order valence-corrected chi connectivity index (χ3v) is 4.68. The van der Waals surface area contributed by atoms with E-state index in [1.807, 2.05) is 6.07 Å². The van der Waals surface area contributed by atoms with E-state index >= 15 is 0 Å². The zero-order chi connectivity index (χ0) is 18.7. The number of carbonyl (C=O) groups is 2. The number of hydrogen-bond donors (Lipinski definition) is 1. The lowest BCUT2D eigenvalue weighted by atomic mass is 10.1. The average molecular weight is 380 g/mol. The van der Waals surface area contributed by atoms with E-state index in [-0.39, 0.29) is 26.0 Å². The summed E-state index contributed by atoms with van der Waals surface area (Å²) in [5.41, 5.74) is -0.243. The monoisotopic (exact) mass is 379 g/mol. The van der Waals surface area contributed by atoms with Crippen LogP contribution in [0.2, 0.25) is 5.02 Å². The number of esters is 1. The lowest BCUT2D eigenvalue weighted by molar-refractivity contribution is -0.385. The van der Waals surface area contributed by atoms with Crippen molar-refractivity contribution in [3.8, 4) is 6.07 Å². The summed E-state index contributed by atoms with van der Waals surface area (Å²) in [6.07, 6.45) is 0. The van der Waals surface area contributed by atoms with Gasteiger partial charge < -0.3 is 10.1 Å². The number of rotatable bonds is 4. The van der Waals surface area contributed by atoms with Crippen LogP contribution in [0.5, 0.6) is 0 Å². The Labute approximate surface area is 150 Å². The summed E-state index contributed by atoms with van der Waals surface area (Å²) in [4.78, 5) is 34.7. The molecule has 0 radical (unpaired) electrons. The molecule has 0 saturated carbocycles.